The molecule has 0 saturated heterocycles. The molecule has 0 aliphatic heterocycles. The Hall–Kier alpha value is -1.20. The number of rotatable bonds is 4. The summed E-state index contributed by atoms with van der Waals surface area (Å²) in [6.07, 6.45) is 0.757. The lowest BCUT2D eigenvalue weighted by molar-refractivity contribution is 0.418. The van der Waals surface area contributed by atoms with Gasteiger partial charge in [0.05, 0.1) is 0 Å². The Bertz CT molecular complexity index is 539. The molecule has 5 heteroatoms. The Balaban J connectivity index is 2.27. The van der Waals surface area contributed by atoms with Gasteiger partial charge in [-0.05, 0) is 38.6 Å². The molecule has 1 aromatic carbocycles. The predicted octanol–water partition coefficient (Wildman–Crippen LogP) is 2.96. The first-order chi connectivity index (χ1) is 8.61. The van der Waals surface area contributed by atoms with Gasteiger partial charge < -0.3 is 9.84 Å². The average molecular weight is 310 g/mol. The van der Waals surface area contributed by atoms with Crippen LogP contribution in [0.1, 0.15) is 18.3 Å². The van der Waals surface area contributed by atoms with E-state index in [1.54, 1.807) is 0 Å². The molecule has 96 valence electrons. The Labute approximate surface area is 115 Å². The summed E-state index contributed by atoms with van der Waals surface area (Å²) in [6.45, 7) is 4.11. The second-order valence-corrected chi connectivity index (χ2v) is 5.18. The van der Waals surface area contributed by atoms with E-state index in [0.717, 1.165) is 27.8 Å². The molecule has 0 spiro atoms. The van der Waals surface area contributed by atoms with Crippen LogP contribution in [0.5, 0.6) is 0 Å². The van der Waals surface area contributed by atoms with E-state index < -0.39 is 0 Å². The fourth-order valence-corrected chi connectivity index (χ4v) is 2.03. The molecule has 0 saturated carbocycles. The van der Waals surface area contributed by atoms with E-state index in [9.17, 15) is 0 Å². The third-order valence-electron chi connectivity index (χ3n) is 2.95. The van der Waals surface area contributed by atoms with Crippen LogP contribution in [0.3, 0.4) is 0 Å². The number of hydrogen-bond donors (Lipinski definition) is 1. The van der Waals surface area contributed by atoms with Gasteiger partial charge in [-0.25, -0.2) is 0 Å². The van der Waals surface area contributed by atoms with Gasteiger partial charge in [0.15, 0.2) is 5.82 Å². The smallest absolute Gasteiger partial charge is 0.258 e. The van der Waals surface area contributed by atoms with Gasteiger partial charge in [0.2, 0.25) is 0 Å². The number of benzene rings is 1. The normalized spacial score (nSPS) is 12.7. The molecule has 2 rings (SSSR count). The number of halogens is 1. The van der Waals surface area contributed by atoms with Gasteiger partial charge >= 0.3 is 0 Å². The fourth-order valence-electron chi connectivity index (χ4n) is 1.66. The highest BCUT2D eigenvalue weighted by molar-refractivity contribution is 9.10. The summed E-state index contributed by atoms with van der Waals surface area (Å²) in [5.41, 5.74) is 2.08. The van der Waals surface area contributed by atoms with Gasteiger partial charge in [0.1, 0.15) is 0 Å². The molecule has 1 atom stereocenters. The van der Waals surface area contributed by atoms with Crippen molar-refractivity contribution in [3.05, 3.63) is 34.1 Å². The molecule has 1 aromatic heterocycles. The topological polar surface area (TPSA) is 51.0 Å². The number of nitrogens with zero attached hydrogens (tertiary/aromatic N) is 2. The first kappa shape index (κ1) is 13.2. The van der Waals surface area contributed by atoms with Crippen molar-refractivity contribution in [1.82, 2.24) is 15.5 Å². The van der Waals surface area contributed by atoms with Crippen LogP contribution >= 0.6 is 15.9 Å². The van der Waals surface area contributed by atoms with Gasteiger partial charge in [0, 0.05) is 22.5 Å². The quantitative estimate of drug-likeness (QED) is 0.943. The van der Waals surface area contributed by atoms with E-state index in [4.69, 9.17) is 4.52 Å². The molecule has 0 fully saturated rings. The van der Waals surface area contributed by atoms with Crippen LogP contribution in [0.25, 0.3) is 11.5 Å². The van der Waals surface area contributed by atoms with Crippen molar-refractivity contribution >= 4 is 15.9 Å². The number of hydrogen-bond acceptors (Lipinski definition) is 4. The van der Waals surface area contributed by atoms with Crippen molar-refractivity contribution in [2.24, 2.45) is 0 Å². The van der Waals surface area contributed by atoms with E-state index >= 15 is 0 Å². The molecular formula is C13H16BrN3O. The first-order valence-corrected chi connectivity index (χ1v) is 6.66. The fraction of sp³-hybridized carbons (Fsp3) is 0.385. The minimum absolute atomic E-state index is 0.332. The molecule has 2 aromatic rings. The molecule has 0 aliphatic rings. The summed E-state index contributed by atoms with van der Waals surface area (Å²) in [7, 11) is 1.92. The van der Waals surface area contributed by atoms with Crippen molar-refractivity contribution in [3.63, 3.8) is 0 Å². The second kappa shape index (κ2) is 5.63. The van der Waals surface area contributed by atoms with Crippen LogP contribution in [0.15, 0.2) is 27.2 Å². The van der Waals surface area contributed by atoms with E-state index in [-0.39, 0.29) is 0 Å². The molecule has 1 N–H and O–H groups in total. The van der Waals surface area contributed by atoms with Crippen LogP contribution in [-0.4, -0.2) is 23.2 Å². The van der Waals surface area contributed by atoms with E-state index in [0.29, 0.717) is 11.9 Å². The summed E-state index contributed by atoms with van der Waals surface area (Å²) in [5, 5.41) is 7.16. The van der Waals surface area contributed by atoms with Gasteiger partial charge in [-0.15, -0.1) is 0 Å². The van der Waals surface area contributed by atoms with Crippen LogP contribution in [0.4, 0.5) is 0 Å². The third-order valence-corrected chi connectivity index (χ3v) is 3.81. The highest BCUT2D eigenvalue weighted by atomic mass is 79.9. The average Bonchev–Trinajstić information content (AvgIpc) is 2.80. The van der Waals surface area contributed by atoms with Crippen molar-refractivity contribution < 1.29 is 4.52 Å². The second-order valence-electron chi connectivity index (χ2n) is 4.32. The lowest BCUT2D eigenvalue weighted by Gasteiger charge is -2.05. The molecule has 0 aliphatic carbocycles. The minimum Gasteiger partial charge on any atom is -0.334 e. The summed E-state index contributed by atoms with van der Waals surface area (Å²) < 4.78 is 6.37. The van der Waals surface area contributed by atoms with Crippen LogP contribution in [0.2, 0.25) is 0 Å². The molecule has 18 heavy (non-hydrogen) atoms. The van der Waals surface area contributed by atoms with Crippen molar-refractivity contribution in [2.45, 2.75) is 26.3 Å². The molecule has 0 amide bonds. The summed E-state index contributed by atoms with van der Waals surface area (Å²) in [6, 6.07) is 6.28. The highest BCUT2D eigenvalue weighted by Gasteiger charge is 2.13. The lowest BCUT2D eigenvalue weighted by atomic mass is 10.1. The minimum atomic E-state index is 0.332. The maximum Gasteiger partial charge on any atom is 0.258 e. The van der Waals surface area contributed by atoms with Gasteiger partial charge in [-0.2, -0.15) is 4.98 Å². The maximum absolute atomic E-state index is 5.32. The first-order valence-electron chi connectivity index (χ1n) is 5.87. The summed E-state index contributed by atoms with van der Waals surface area (Å²) >= 11 is 3.50. The van der Waals surface area contributed by atoms with Gasteiger partial charge in [-0.3, -0.25) is 0 Å². The monoisotopic (exact) mass is 309 g/mol. The van der Waals surface area contributed by atoms with Gasteiger partial charge in [-0.1, -0.05) is 27.2 Å². The molecule has 1 unspecified atom stereocenters. The Morgan fingerprint density at radius 2 is 2.22 bits per heavy atom. The van der Waals surface area contributed by atoms with Crippen molar-refractivity contribution in [1.29, 1.82) is 0 Å². The van der Waals surface area contributed by atoms with Crippen LogP contribution in [-0.2, 0) is 6.42 Å². The predicted molar refractivity (Wildman–Crippen MR) is 74.4 cm³/mol. The third kappa shape index (κ3) is 2.79. The SMILES string of the molecule is CNC(C)Cc1noc(-c2cccc(Br)c2C)n1. The Morgan fingerprint density at radius 1 is 1.44 bits per heavy atom. The molecule has 0 bridgehead atoms. The zero-order valence-corrected chi connectivity index (χ0v) is 12.3. The lowest BCUT2D eigenvalue weighted by Crippen LogP contribution is -2.24. The van der Waals surface area contributed by atoms with Crippen LogP contribution < -0.4 is 5.32 Å². The Morgan fingerprint density at radius 3 is 2.94 bits per heavy atom. The maximum atomic E-state index is 5.32. The highest BCUT2D eigenvalue weighted by Crippen LogP contribution is 2.27. The van der Waals surface area contributed by atoms with Crippen molar-refractivity contribution in [2.75, 3.05) is 7.05 Å². The van der Waals surface area contributed by atoms with Crippen molar-refractivity contribution in [3.8, 4) is 11.5 Å². The number of aromatic nitrogens is 2. The van der Waals surface area contributed by atoms with E-state index in [2.05, 4.69) is 38.3 Å². The van der Waals surface area contributed by atoms with E-state index in [1.807, 2.05) is 32.2 Å². The standard InChI is InChI=1S/C13H16BrN3O/c1-8(15-3)7-12-16-13(18-17-12)10-5-4-6-11(14)9(10)2/h4-6,8,15H,7H2,1-3H3. The van der Waals surface area contributed by atoms with Gasteiger partial charge in [0.25, 0.3) is 5.89 Å². The molecule has 1 heterocycles. The molecule has 4 nitrogen and oxygen atoms in total. The zero-order valence-electron chi connectivity index (χ0n) is 10.7. The molecular weight excluding hydrogens is 294 g/mol. The van der Waals surface area contributed by atoms with Crippen LogP contribution in [0, 0.1) is 6.92 Å². The largest absolute Gasteiger partial charge is 0.334 e. The number of nitrogens with one attached hydrogen (secondary N) is 1. The number of likely N-dealkylation sites (N-methyl/N-ethyl adjacent to an activating group) is 1. The van der Waals surface area contributed by atoms with E-state index in [1.165, 1.54) is 0 Å². The molecule has 0 radical (unpaired) electrons. The Kier molecular flexibility index (Phi) is 4.14. The summed E-state index contributed by atoms with van der Waals surface area (Å²) in [4.78, 5) is 4.43. The summed E-state index contributed by atoms with van der Waals surface area (Å²) in [5.74, 6) is 1.30. The zero-order chi connectivity index (χ0) is 13.1.